The first-order valence-electron chi connectivity index (χ1n) is 7.09. The molecule has 1 aromatic carbocycles. The summed E-state index contributed by atoms with van der Waals surface area (Å²) >= 11 is 0. The molecular weight excluding hydrogens is 296 g/mol. The van der Waals surface area contributed by atoms with Gasteiger partial charge in [0.25, 0.3) is 0 Å². The van der Waals surface area contributed by atoms with Crippen molar-refractivity contribution in [3.05, 3.63) is 41.5 Å². The van der Waals surface area contributed by atoms with Crippen LogP contribution in [-0.2, 0) is 10.0 Å². The quantitative estimate of drug-likeness (QED) is 0.835. The van der Waals surface area contributed by atoms with Gasteiger partial charge in [-0.3, -0.25) is 4.72 Å². The van der Waals surface area contributed by atoms with E-state index in [1.807, 2.05) is 13.0 Å². The third kappa shape index (κ3) is 3.81. The van der Waals surface area contributed by atoms with Crippen LogP contribution < -0.4 is 4.72 Å². The van der Waals surface area contributed by atoms with Gasteiger partial charge >= 0.3 is 0 Å². The lowest BCUT2D eigenvalue weighted by atomic mass is 9.96. The molecule has 0 radical (unpaired) electrons. The second-order valence-electron chi connectivity index (χ2n) is 5.22. The van der Waals surface area contributed by atoms with Gasteiger partial charge in [-0.25, -0.2) is 17.2 Å². The molecular formula is C15H19F2NO2S. The molecule has 0 spiro atoms. The average Bonchev–Trinajstić information content (AvgIpc) is 2.43. The predicted molar refractivity (Wildman–Crippen MR) is 79.5 cm³/mol. The van der Waals surface area contributed by atoms with Crippen LogP contribution in [0.5, 0.6) is 0 Å². The number of hydrogen-bond acceptors (Lipinski definition) is 2. The summed E-state index contributed by atoms with van der Waals surface area (Å²) in [5.74, 6) is -1.64. The Morgan fingerprint density at radius 1 is 1.33 bits per heavy atom. The van der Waals surface area contributed by atoms with E-state index >= 15 is 0 Å². The molecule has 0 bridgehead atoms. The maximum Gasteiger partial charge on any atom is 0.239 e. The summed E-state index contributed by atoms with van der Waals surface area (Å²) in [5.41, 5.74) is 0.677. The summed E-state index contributed by atoms with van der Waals surface area (Å²) in [4.78, 5) is 0. The van der Waals surface area contributed by atoms with Crippen LogP contribution in [0.3, 0.4) is 0 Å². The normalized spacial score (nSPS) is 19.2. The van der Waals surface area contributed by atoms with Gasteiger partial charge in [0.1, 0.15) is 16.9 Å². The summed E-state index contributed by atoms with van der Waals surface area (Å²) in [5, 5.41) is -0.629. The second-order valence-corrected chi connectivity index (χ2v) is 7.08. The molecule has 6 heteroatoms. The fraction of sp³-hybridized carbons (Fsp3) is 0.467. The molecule has 0 saturated carbocycles. The molecule has 1 unspecified atom stereocenters. The summed E-state index contributed by atoms with van der Waals surface area (Å²) in [6.07, 6.45) is 5.76. The molecule has 1 N–H and O–H groups in total. The lowest BCUT2D eigenvalue weighted by molar-refractivity contribution is 0.568. The van der Waals surface area contributed by atoms with E-state index in [-0.39, 0.29) is 5.69 Å². The molecule has 0 aromatic heterocycles. The van der Waals surface area contributed by atoms with Crippen LogP contribution in [0.15, 0.2) is 29.8 Å². The second kappa shape index (κ2) is 6.56. The largest absolute Gasteiger partial charge is 0.280 e. The van der Waals surface area contributed by atoms with Gasteiger partial charge in [-0.15, -0.1) is 0 Å². The summed E-state index contributed by atoms with van der Waals surface area (Å²) in [7, 11) is -3.72. The van der Waals surface area contributed by atoms with Crippen molar-refractivity contribution in [2.45, 2.75) is 44.3 Å². The molecule has 3 nitrogen and oxygen atoms in total. The SMILES string of the molecule is CCCC1=CCCCC1S(=O)(=O)Nc1ccc(F)cc1F. The fourth-order valence-corrected chi connectivity index (χ4v) is 4.31. The van der Waals surface area contributed by atoms with Crippen molar-refractivity contribution in [3.8, 4) is 0 Å². The third-order valence-electron chi connectivity index (χ3n) is 3.59. The highest BCUT2D eigenvalue weighted by Crippen LogP contribution is 2.29. The lowest BCUT2D eigenvalue weighted by Gasteiger charge is -2.25. The smallest absolute Gasteiger partial charge is 0.239 e. The van der Waals surface area contributed by atoms with E-state index in [0.717, 1.165) is 43.4 Å². The fourth-order valence-electron chi connectivity index (χ4n) is 2.61. The van der Waals surface area contributed by atoms with E-state index in [1.54, 1.807) is 0 Å². The molecule has 1 aliphatic carbocycles. The van der Waals surface area contributed by atoms with Crippen molar-refractivity contribution in [1.29, 1.82) is 0 Å². The van der Waals surface area contributed by atoms with Crippen LogP contribution in [-0.4, -0.2) is 13.7 Å². The number of benzene rings is 1. The van der Waals surface area contributed by atoms with Crippen LogP contribution in [0.1, 0.15) is 39.0 Å². The van der Waals surface area contributed by atoms with Gasteiger partial charge in [0.2, 0.25) is 10.0 Å². The minimum atomic E-state index is -3.72. The van der Waals surface area contributed by atoms with Crippen molar-refractivity contribution < 1.29 is 17.2 Å². The Bertz CT molecular complexity index is 641. The number of rotatable bonds is 5. The van der Waals surface area contributed by atoms with E-state index in [0.29, 0.717) is 12.5 Å². The standard InChI is InChI=1S/C15H19F2NO2S/c1-2-5-11-6-3-4-7-15(11)21(19,20)18-14-9-8-12(16)10-13(14)17/h6,8-10,15,18H,2-5,7H2,1H3. The van der Waals surface area contributed by atoms with E-state index in [1.165, 1.54) is 0 Å². The molecule has 2 rings (SSSR count). The Labute approximate surface area is 124 Å². The molecule has 21 heavy (non-hydrogen) atoms. The zero-order chi connectivity index (χ0) is 15.5. The van der Waals surface area contributed by atoms with Crippen molar-refractivity contribution >= 4 is 15.7 Å². The zero-order valence-electron chi connectivity index (χ0n) is 11.9. The van der Waals surface area contributed by atoms with E-state index in [2.05, 4.69) is 4.72 Å². The van der Waals surface area contributed by atoms with Crippen LogP contribution in [0, 0.1) is 11.6 Å². The first-order valence-corrected chi connectivity index (χ1v) is 8.64. The van der Waals surface area contributed by atoms with Crippen LogP contribution >= 0.6 is 0 Å². The van der Waals surface area contributed by atoms with Gasteiger partial charge in [0.05, 0.1) is 5.69 Å². The topological polar surface area (TPSA) is 46.2 Å². The van der Waals surface area contributed by atoms with Gasteiger partial charge in [0.15, 0.2) is 0 Å². The summed E-state index contributed by atoms with van der Waals surface area (Å²) < 4.78 is 53.7. The lowest BCUT2D eigenvalue weighted by Crippen LogP contribution is -2.31. The Kier molecular flexibility index (Phi) is 4.98. The van der Waals surface area contributed by atoms with Gasteiger partial charge in [-0.2, -0.15) is 0 Å². The summed E-state index contributed by atoms with van der Waals surface area (Å²) in [6.45, 7) is 1.99. The minimum absolute atomic E-state index is 0.210. The monoisotopic (exact) mass is 315 g/mol. The Morgan fingerprint density at radius 2 is 2.10 bits per heavy atom. The number of nitrogens with one attached hydrogen (secondary N) is 1. The van der Waals surface area contributed by atoms with E-state index in [9.17, 15) is 17.2 Å². The van der Waals surface area contributed by atoms with E-state index in [4.69, 9.17) is 0 Å². The maximum absolute atomic E-state index is 13.6. The highest BCUT2D eigenvalue weighted by Gasteiger charge is 2.30. The van der Waals surface area contributed by atoms with Crippen LogP contribution in [0.2, 0.25) is 0 Å². The van der Waals surface area contributed by atoms with Crippen molar-refractivity contribution in [3.63, 3.8) is 0 Å². The first kappa shape index (κ1) is 15.9. The summed E-state index contributed by atoms with van der Waals surface area (Å²) in [6, 6.07) is 2.81. The molecule has 116 valence electrons. The number of anilines is 1. The van der Waals surface area contributed by atoms with Gasteiger partial charge in [-0.05, 0) is 37.8 Å². The minimum Gasteiger partial charge on any atom is -0.280 e. The third-order valence-corrected chi connectivity index (χ3v) is 5.38. The van der Waals surface area contributed by atoms with Gasteiger partial charge < -0.3 is 0 Å². The molecule has 1 atom stereocenters. The Morgan fingerprint density at radius 3 is 2.76 bits per heavy atom. The van der Waals surface area contributed by atoms with Crippen LogP contribution in [0.4, 0.5) is 14.5 Å². The van der Waals surface area contributed by atoms with Crippen molar-refractivity contribution in [2.75, 3.05) is 4.72 Å². The van der Waals surface area contributed by atoms with Crippen LogP contribution in [0.25, 0.3) is 0 Å². The van der Waals surface area contributed by atoms with E-state index < -0.39 is 26.9 Å². The molecule has 0 heterocycles. The number of allylic oxidation sites excluding steroid dienone is 1. The molecule has 0 saturated heterocycles. The first-order chi connectivity index (χ1) is 9.94. The van der Waals surface area contributed by atoms with Crippen molar-refractivity contribution in [1.82, 2.24) is 0 Å². The van der Waals surface area contributed by atoms with Gasteiger partial charge in [0, 0.05) is 6.07 Å². The molecule has 1 aromatic rings. The Balaban J connectivity index is 2.25. The highest BCUT2D eigenvalue weighted by atomic mass is 32.2. The number of sulfonamides is 1. The molecule has 0 amide bonds. The number of hydrogen-bond donors (Lipinski definition) is 1. The molecule has 0 fully saturated rings. The molecule has 0 aliphatic heterocycles. The van der Waals surface area contributed by atoms with Gasteiger partial charge in [-0.1, -0.05) is 25.0 Å². The zero-order valence-corrected chi connectivity index (χ0v) is 12.7. The average molecular weight is 315 g/mol. The molecule has 1 aliphatic rings. The number of halogens is 2. The predicted octanol–water partition coefficient (Wildman–Crippen LogP) is 3.99. The maximum atomic E-state index is 13.6. The van der Waals surface area contributed by atoms with Crippen molar-refractivity contribution in [2.24, 2.45) is 0 Å². The Hall–Kier alpha value is -1.43. The highest BCUT2D eigenvalue weighted by molar-refractivity contribution is 7.93.